The average Bonchev–Trinajstić information content (AvgIpc) is 2.92. The largest absolute Gasteiger partial charge is 0.507 e. The smallest absolute Gasteiger partial charge is 0.416 e. The molecular weight excluding hydrogens is 513 g/mol. The van der Waals surface area contributed by atoms with Crippen LogP contribution in [0.15, 0.2) is 84.0 Å². The van der Waals surface area contributed by atoms with Crippen molar-refractivity contribution in [1.29, 1.82) is 5.26 Å². The molecular formula is C28H19F3N4O4. The van der Waals surface area contributed by atoms with Crippen molar-refractivity contribution in [3.8, 4) is 11.8 Å². The van der Waals surface area contributed by atoms with Crippen LogP contribution in [-0.2, 0) is 17.5 Å². The summed E-state index contributed by atoms with van der Waals surface area (Å²) in [5, 5.41) is 26.5. The highest BCUT2D eigenvalue weighted by Gasteiger charge is 2.30. The number of nitrogens with one attached hydrogen (secondary N) is 2. The van der Waals surface area contributed by atoms with Gasteiger partial charge in [-0.05, 0) is 58.8 Å². The predicted octanol–water partition coefficient (Wildman–Crippen LogP) is 5.95. The maximum Gasteiger partial charge on any atom is 0.416 e. The molecule has 0 heterocycles. The maximum absolute atomic E-state index is 12.7. The minimum absolute atomic E-state index is 0.0385. The van der Waals surface area contributed by atoms with Gasteiger partial charge in [-0.3, -0.25) is 10.1 Å². The van der Waals surface area contributed by atoms with Crippen molar-refractivity contribution in [3.63, 3.8) is 0 Å². The number of carbonyl (C=O) groups excluding carboxylic acids is 2. The Kier molecular flexibility index (Phi) is 7.77. The lowest BCUT2D eigenvalue weighted by Crippen LogP contribution is -2.17. The molecule has 0 aliphatic rings. The minimum atomic E-state index is -4.47. The summed E-state index contributed by atoms with van der Waals surface area (Å²) in [6.45, 7) is -0.108. The quantitative estimate of drug-likeness (QED) is 0.209. The van der Waals surface area contributed by atoms with Gasteiger partial charge in [-0.1, -0.05) is 36.4 Å². The Morgan fingerprint density at radius 3 is 2.41 bits per heavy atom. The van der Waals surface area contributed by atoms with E-state index in [4.69, 9.17) is 10.00 Å². The van der Waals surface area contributed by atoms with E-state index in [1.54, 1.807) is 30.3 Å². The van der Waals surface area contributed by atoms with Gasteiger partial charge in [0, 0.05) is 16.8 Å². The normalized spacial score (nSPS) is 11.2. The first-order valence-corrected chi connectivity index (χ1v) is 11.3. The fraction of sp³-hybridized carbons (Fsp3) is 0.0714. The summed E-state index contributed by atoms with van der Waals surface area (Å²) < 4.78 is 43.4. The second-order valence-electron chi connectivity index (χ2n) is 8.18. The molecule has 8 nitrogen and oxygen atoms in total. The lowest BCUT2D eigenvalue weighted by molar-refractivity contribution is -0.137. The Labute approximate surface area is 220 Å². The van der Waals surface area contributed by atoms with Crippen LogP contribution < -0.4 is 10.7 Å². The lowest BCUT2D eigenvalue weighted by Gasteiger charge is -2.11. The standard InChI is InChI=1S/C28H19F3N4O4/c29-28(30,31)21-8-10-22(11-9-21)34-27(38)39-16-19-6-5-18(23-3-1-2-4-24(19)23)15-33-35-26(37)17-7-12-25(36)20(13-17)14-32/h1-13,15,36H,16H2,(H,34,38)(H,35,37)/b33-15+. The molecule has 11 heteroatoms. The van der Waals surface area contributed by atoms with Crippen LogP contribution >= 0.6 is 0 Å². The van der Waals surface area contributed by atoms with Crippen LogP contribution in [-0.4, -0.2) is 23.3 Å². The third-order valence-corrected chi connectivity index (χ3v) is 5.61. The van der Waals surface area contributed by atoms with Gasteiger partial charge in [-0.2, -0.15) is 23.5 Å². The summed E-state index contributed by atoms with van der Waals surface area (Å²) in [5.74, 6) is -0.804. The number of rotatable bonds is 6. The number of amides is 2. The zero-order valence-corrected chi connectivity index (χ0v) is 20.0. The van der Waals surface area contributed by atoms with Crippen LogP contribution in [0.2, 0.25) is 0 Å². The Hall–Kier alpha value is -5.37. The van der Waals surface area contributed by atoms with Gasteiger partial charge in [0.2, 0.25) is 0 Å². The molecule has 0 aromatic heterocycles. The van der Waals surface area contributed by atoms with Gasteiger partial charge in [0.15, 0.2) is 0 Å². The Morgan fingerprint density at radius 2 is 1.72 bits per heavy atom. The predicted molar refractivity (Wildman–Crippen MR) is 137 cm³/mol. The summed E-state index contributed by atoms with van der Waals surface area (Å²) in [6, 6.07) is 20.3. The molecule has 0 bridgehead atoms. The summed E-state index contributed by atoms with van der Waals surface area (Å²) >= 11 is 0. The highest BCUT2D eigenvalue weighted by Crippen LogP contribution is 2.30. The van der Waals surface area contributed by atoms with E-state index in [1.165, 1.54) is 24.4 Å². The second-order valence-corrected chi connectivity index (χ2v) is 8.18. The van der Waals surface area contributed by atoms with Crippen LogP contribution in [0.5, 0.6) is 5.75 Å². The summed E-state index contributed by atoms with van der Waals surface area (Å²) in [6.07, 6.45) is -3.87. The van der Waals surface area contributed by atoms with E-state index >= 15 is 0 Å². The Morgan fingerprint density at radius 1 is 1.00 bits per heavy atom. The number of phenols is 1. The summed E-state index contributed by atoms with van der Waals surface area (Å²) in [5.41, 5.74) is 3.13. The number of ether oxygens (including phenoxy) is 1. The monoisotopic (exact) mass is 532 g/mol. The fourth-order valence-corrected chi connectivity index (χ4v) is 3.65. The van der Waals surface area contributed by atoms with Crippen LogP contribution in [0.3, 0.4) is 0 Å². The molecule has 0 saturated carbocycles. The molecule has 0 unspecified atom stereocenters. The molecule has 3 N–H and O–H groups in total. The molecule has 196 valence electrons. The molecule has 0 saturated heterocycles. The van der Waals surface area contributed by atoms with E-state index in [-0.39, 0.29) is 29.2 Å². The number of halogens is 3. The topological polar surface area (TPSA) is 124 Å². The first kappa shape index (κ1) is 26.7. The van der Waals surface area contributed by atoms with Crippen LogP contribution in [0.4, 0.5) is 23.7 Å². The number of hydrogen-bond donors (Lipinski definition) is 3. The second kappa shape index (κ2) is 11.4. The molecule has 0 atom stereocenters. The highest BCUT2D eigenvalue weighted by atomic mass is 19.4. The molecule has 0 aliphatic heterocycles. The zero-order chi connectivity index (χ0) is 28.0. The molecule has 0 fully saturated rings. The molecule has 0 aliphatic carbocycles. The number of hydrazone groups is 1. The third-order valence-electron chi connectivity index (χ3n) is 5.61. The summed E-state index contributed by atoms with van der Waals surface area (Å²) in [4.78, 5) is 24.6. The van der Waals surface area contributed by atoms with Gasteiger partial charge < -0.3 is 9.84 Å². The molecule has 4 aromatic rings. The van der Waals surface area contributed by atoms with Crippen molar-refractivity contribution in [3.05, 3.63) is 107 Å². The van der Waals surface area contributed by atoms with Crippen molar-refractivity contribution in [2.45, 2.75) is 12.8 Å². The number of hydrogen-bond acceptors (Lipinski definition) is 6. The van der Waals surface area contributed by atoms with Crippen molar-refractivity contribution in [2.75, 3.05) is 5.32 Å². The molecule has 0 radical (unpaired) electrons. The van der Waals surface area contributed by atoms with Gasteiger partial charge in [-0.15, -0.1) is 0 Å². The highest BCUT2D eigenvalue weighted by molar-refractivity contribution is 6.02. The van der Waals surface area contributed by atoms with E-state index in [1.807, 2.05) is 12.1 Å². The van der Waals surface area contributed by atoms with Gasteiger partial charge in [-0.25, -0.2) is 10.2 Å². The SMILES string of the molecule is N#Cc1cc(C(=O)N/N=C/c2ccc(COC(=O)Nc3ccc(C(F)(F)F)cc3)c3ccccc23)ccc1O. The van der Waals surface area contributed by atoms with Gasteiger partial charge in [0.1, 0.15) is 18.4 Å². The number of benzene rings is 4. The number of anilines is 1. The average molecular weight is 532 g/mol. The molecule has 4 aromatic carbocycles. The van der Waals surface area contributed by atoms with Crippen molar-refractivity contribution in [2.24, 2.45) is 5.10 Å². The molecule has 4 rings (SSSR count). The lowest BCUT2D eigenvalue weighted by atomic mass is 10.0. The van der Waals surface area contributed by atoms with E-state index in [2.05, 4.69) is 15.8 Å². The number of nitriles is 1. The Bertz CT molecular complexity index is 1610. The van der Waals surface area contributed by atoms with E-state index < -0.39 is 23.7 Å². The third kappa shape index (κ3) is 6.50. The summed E-state index contributed by atoms with van der Waals surface area (Å²) in [7, 11) is 0. The van der Waals surface area contributed by atoms with Crippen molar-refractivity contribution in [1.82, 2.24) is 5.43 Å². The van der Waals surface area contributed by atoms with Crippen LogP contribution in [0.1, 0.15) is 32.6 Å². The first-order valence-electron chi connectivity index (χ1n) is 11.3. The van der Waals surface area contributed by atoms with E-state index in [9.17, 15) is 27.9 Å². The zero-order valence-electron chi connectivity index (χ0n) is 20.0. The number of fused-ring (bicyclic) bond motifs is 1. The maximum atomic E-state index is 12.7. The number of nitrogens with zero attached hydrogens (tertiary/aromatic N) is 2. The van der Waals surface area contributed by atoms with Crippen molar-refractivity contribution < 1.29 is 32.6 Å². The van der Waals surface area contributed by atoms with Crippen LogP contribution in [0.25, 0.3) is 10.8 Å². The number of carbonyl (C=O) groups is 2. The van der Waals surface area contributed by atoms with Crippen LogP contribution in [0, 0.1) is 11.3 Å². The van der Waals surface area contributed by atoms with Crippen molar-refractivity contribution >= 4 is 34.7 Å². The molecule has 0 spiro atoms. The van der Waals surface area contributed by atoms with Gasteiger partial charge in [0.25, 0.3) is 5.91 Å². The number of aromatic hydroxyl groups is 1. The van der Waals surface area contributed by atoms with E-state index in [0.717, 1.165) is 35.0 Å². The van der Waals surface area contributed by atoms with Gasteiger partial charge in [0.05, 0.1) is 17.3 Å². The van der Waals surface area contributed by atoms with Gasteiger partial charge >= 0.3 is 12.3 Å². The Balaban J connectivity index is 1.42. The fourth-order valence-electron chi connectivity index (χ4n) is 3.65. The number of alkyl halides is 3. The minimum Gasteiger partial charge on any atom is -0.507 e. The first-order chi connectivity index (χ1) is 18.7. The molecule has 39 heavy (non-hydrogen) atoms. The molecule has 2 amide bonds. The number of phenolic OH excluding ortho intramolecular Hbond substituents is 1. The van der Waals surface area contributed by atoms with E-state index in [0.29, 0.717) is 11.1 Å².